The first-order valence-electron chi connectivity index (χ1n) is 4.77. The number of ketones is 1. The lowest BCUT2D eigenvalue weighted by Crippen LogP contribution is -2.20. The minimum atomic E-state index is -1.08. The molecule has 3 nitrogen and oxygen atoms in total. The third-order valence-corrected chi connectivity index (χ3v) is 2.56. The molecule has 3 heteroatoms. The summed E-state index contributed by atoms with van der Waals surface area (Å²) in [5.41, 5.74) is 2.56. The molecule has 0 fully saturated rings. The van der Waals surface area contributed by atoms with Crippen molar-refractivity contribution in [2.75, 3.05) is 0 Å². The molecule has 0 saturated carbocycles. The highest BCUT2D eigenvalue weighted by atomic mass is 16.4. The average Bonchev–Trinajstić information content (AvgIpc) is 2.19. The van der Waals surface area contributed by atoms with E-state index < -0.39 is 11.9 Å². The summed E-state index contributed by atoms with van der Waals surface area (Å²) in [6.07, 6.45) is 0. The molecule has 0 aliphatic carbocycles. The van der Waals surface area contributed by atoms with Crippen molar-refractivity contribution in [1.82, 2.24) is 0 Å². The number of aryl methyl sites for hydroxylation is 2. The summed E-state index contributed by atoms with van der Waals surface area (Å²) in [6.45, 7) is 5.25. The number of benzene rings is 1. The fourth-order valence-electron chi connectivity index (χ4n) is 1.26. The third-order valence-electron chi connectivity index (χ3n) is 2.56. The minimum absolute atomic E-state index is 0.342. The maximum atomic E-state index is 11.7. The fraction of sp³-hybridized carbons (Fsp3) is 0.333. The largest absolute Gasteiger partial charge is 0.481 e. The van der Waals surface area contributed by atoms with Crippen LogP contribution in [0.2, 0.25) is 0 Å². The van der Waals surface area contributed by atoms with Crippen molar-refractivity contribution in [2.45, 2.75) is 20.8 Å². The van der Waals surface area contributed by atoms with Gasteiger partial charge < -0.3 is 5.11 Å². The quantitative estimate of drug-likeness (QED) is 0.609. The molecule has 80 valence electrons. The Bertz CT molecular complexity index is 407. The molecule has 1 unspecified atom stereocenters. The van der Waals surface area contributed by atoms with E-state index in [4.69, 9.17) is 5.11 Å². The number of carbonyl (C=O) groups excluding carboxylic acids is 1. The molecule has 15 heavy (non-hydrogen) atoms. The molecule has 0 bridgehead atoms. The number of carboxylic acid groups (broad SMARTS) is 1. The van der Waals surface area contributed by atoms with Crippen molar-refractivity contribution in [3.63, 3.8) is 0 Å². The Morgan fingerprint density at radius 2 is 1.80 bits per heavy atom. The molecular weight excluding hydrogens is 192 g/mol. The zero-order chi connectivity index (χ0) is 11.6. The van der Waals surface area contributed by atoms with Crippen molar-refractivity contribution >= 4 is 11.8 Å². The maximum Gasteiger partial charge on any atom is 0.314 e. The van der Waals surface area contributed by atoms with Gasteiger partial charge >= 0.3 is 5.97 Å². The summed E-state index contributed by atoms with van der Waals surface area (Å²) in [6, 6.07) is 5.23. The molecule has 0 heterocycles. The lowest BCUT2D eigenvalue weighted by molar-refractivity contribution is -0.139. The van der Waals surface area contributed by atoms with Crippen molar-refractivity contribution in [3.05, 3.63) is 34.9 Å². The van der Waals surface area contributed by atoms with Crippen molar-refractivity contribution < 1.29 is 14.7 Å². The number of Topliss-reactive ketones (excluding diaryl/α,β-unsaturated/α-hetero) is 1. The molecule has 0 spiro atoms. The van der Waals surface area contributed by atoms with Gasteiger partial charge in [0.1, 0.15) is 5.92 Å². The zero-order valence-electron chi connectivity index (χ0n) is 9.07. The Morgan fingerprint density at radius 3 is 2.27 bits per heavy atom. The normalized spacial score (nSPS) is 12.2. The molecule has 0 saturated heterocycles. The van der Waals surface area contributed by atoms with Crippen LogP contribution in [0, 0.1) is 19.8 Å². The highest BCUT2D eigenvalue weighted by Crippen LogP contribution is 2.14. The van der Waals surface area contributed by atoms with Gasteiger partial charge in [0.05, 0.1) is 0 Å². The van der Waals surface area contributed by atoms with E-state index in [1.54, 1.807) is 12.1 Å². The Morgan fingerprint density at radius 1 is 1.20 bits per heavy atom. The first-order valence-corrected chi connectivity index (χ1v) is 4.77. The average molecular weight is 206 g/mol. The standard InChI is InChI=1S/C12H14O3/c1-7-4-5-10(6-8(7)2)11(13)9(3)12(14)15/h4-6,9H,1-3H3,(H,14,15). The summed E-state index contributed by atoms with van der Waals surface area (Å²) >= 11 is 0. The van der Waals surface area contributed by atoms with Gasteiger partial charge in [-0.3, -0.25) is 9.59 Å². The summed E-state index contributed by atoms with van der Waals surface area (Å²) in [4.78, 5) is 22.3. The molecule has 1 N–H and O–H groups in total. The highest BCUT2D eigenvalue weighted by Gasteiger charge is 2.21. The monoisotopic (exact) mass is 206 g/mol. The molecule has 1 rings (SSSR count). The van der Waals surface area contributed by atoms with Crippen molar-refractivity contribution in [3.8, 4) is 0 Å². The Labute approximate surface area is 88.7 Å². The van der Waals surface area contributed by atoms with Crippen LogP contribution >= 0.6 is 0 Å². The molecule has 0 aromatic heterocycles. The first-order chi connectivity index (χ1) is 6.93. The zero-order valence-corrected chi connectivity index (χ0v) is 9.07. The van der Waals surface area contributed by atoms with Gasteiger partial charge in [0.2, 0.25) is 0 Å². The molecule has 0 aliphatic rings. The number of carbonyl (C=O) groups is 2. The molecule has 0 amide bonds. The van der Waals surface area contributed by atoms with Crippen LogP contribution < -0.4 is 0 Å². The summed E-state index contributed by atoms with van der Waals surface area (Å²) in [5.74, 6) is -2.41. The van der Waals surface area contributed by atoms with Crippen LogP contribution in [0.5, 0.6) is 0 Å². The second-order valence-electron chi connectivity index (χ2n) is 3.72. The first kappa shape index (κ1) is 11.4. The van der Waals surface area contributed by atoms with Gasteiger partial charge in [0, 0.05) is 5.56 Å². The fourth-order valence-corrected chi connectivity index (χ4v) is 1.26. The maximum absolute atomic E-state index is 11.7. The van der Waals surface area contributed by atoms with E-state index in [-0.39, 0.29) is 5.78 Å². The van der Waals surface area contributed by atoms with E-state index in [0.29, 0.717) is 5.56 Å². The highest BCUT2D eigenvalue weighted by molar-refractivity contribution is 6.07. The van der Waals surface area contributed by atoms with Gasteiger partial charge in [-0.1, -0.05) is 12.1 Å². The predicted octanol–water partition coefficient (Wildman–Crippen LogP) is 2.21. The molecule has 0 aliphatic heterocycles. The van der Waals surface area contributed by atoms with Gasteiger partial charge in [0.25, 0.3) is 0 Å². The summed E-state index contributed by atoms with van der Waals surface area (Å²) < 4.78 is 0. The second-order valence-corrected chi connectivity index (χ2v) is 3.72. The van der Waals surface area contributed by atoms with E-state index in [1.807, 2.05) is 19.9 Å². The van der Waals surface area contributed by atoms with Crippen LogP contribution in [0.3, 0.4) is 0 Å². The molecule has 0 radical (unpaired) electrons. The van der Waals surface area contributed by atoms with E-state index in [2.05, 4.69) is 0 Å². The number of hydrogen-bond acceptors (Lipinski definition) is 2. The molecule has 1 atom stereocenters. The Kier molecular flexibility index (Phi) is 3.24. The van der Waals surface area contributed by atoms with Gasteiger partial charge in [-0.05, 0) is 38.0 Å². The van der Waals surface area contributed by atoms with Crippen LogP contribution in [-0.4, -0.2) is 16.9 Å². The molecular formula is C12H14O3. The van der Waals surface area contributed by atoms with Crippen LogP contribution in [0.15, 0.2) is 18.2 Å². The second kappa shape index (κ2) is 4.26. The van der Waals surface area contributed by atoms with Gasteiger partial charge in [-0.15, -0.1) is 0 Å². The lowest BCUT2D eigenvalue weighted by atomic mass is 9.96. The summed E-state index contributed by atoms with van der Waals surface area (Å²) in [7, 11) is 0. The molecule has 1 aromatic rings. The van der Waals surface area contributed by atoms with Gasteiger partial charge in [-0.2, -0.15) is 0 Å². The van der Waals surface area contributed by atoms with Gasteiger partial charge in [0.15, 0.2) is 5.78 Å². The van der Waals surface area contributed by atoms with E-state index in [9.17, 15) is 9.59 Å². The van der Waals surface area contributed by atoms with Crippen molar-refractivity contribution in [2.24, 2.45) is 5.92 Å². The van der Waals surface area contributed by atoms with E-state index in [0.717, 1.165) is 11.1 Å². The van der Waals surface area contributed by atoms with Crippen LogP contribution in [0.25, 0.3) is 0 Å². The Balaban J connectivity index is 3.02. The number of hydrogen-bond donors (Lipinski definition) is 1. The summed E-state index contributed by atoms with van der Waals surface area (Å²) in [5, 5.41) is 8.72. The van der Waals surface area contributed by atoms with Crippen molar-refractivity contribution in [1.29, 1.82) is 0 Å². The van der Waals surface area contributed by atoms with Crippen LogP contribution in [0.4, 0.5) is 0 Å². The van der Waals surface area contributed by atoms with Crippen LogP contribution in [-0.2, 0) is 4.79 Å². The number of rotatable bonds is 3. The van der Waals surface area contributed by atoms with E-state index >= 15 is 0 Å². The van der Waals surface area contributed by atoms with E-state index in [1.165, 1.54) is 6.92 Å². The topological polar surface area (TPSA) is 54.4 Å². The number of carboxylic acids is 1. The minimum Gasteiger partial charge on any atom is -0.481 e. The third kappa shape index (κ3) is 2.43. The van der Waals surface area contributed by atoms with Gasteiger partial charge in [-0.25, -0.2) is 0 Å². The smallest absolute Gasteiger partial charge is 0.314 e. The lowest BCUT2D eigenvalue weighted by Gasteiger charge is -2.07. The molecule has 1 aromatic carbocycles. The number of aliphatic carboxylic acids is 1. The van der Waals surface area contributed by atoms with Crippen LogP contribution in [0.1, 0.15) is 28.4 Å². The SMILES string of the molecule is Cc1ccc(C(=O)C(C)C(=O)O)cc1C. The Hall–Kier alpha value is -1.64. The predicted molar refractivity (Wildman–Crippen MR) is 57.0 cm³/mol.